The van der Waals surface area contributed by atoms with Crippen LogP contribution in [0.3, 0.4) is 0 Å². The van der Waals surface area contributed by atoms with Gasteiger partial charge < -0.3 is 14.0 Å². The molecule has 0 saturated heterocycles. The summed E-state index contributed by atoms with van der Waals surface area (Å²) in [7, 11) is 0. The van der Waals surface area contributed by atoms with Gasteiger partial charge in [-0.15, -0.1) is 0 Å². The molecule has 0 aliphatic heterocycles. The van der Waals surface area contributed by atoms with E-state index in [0.717, 1.165) is 39.3 Å². The van der Waals surface area contributed by atoms with Gasteiger partial charge >= 0.3 is 0 Å². The highest BCUT2D eigenvalue weighted by molar-refractivity contribution is 6.10. The molecule has 3 heterocycles. The van der Waals surface area contributed by atoms with Crippen molar-refractivity contribution in [3.05, 3.63) is 182 Å². The van der Waals surface area contributed by atoms with Gasteiger partial charge in [-0.25, -0.2) is 0 Å². The number of hydrogen-bond donors (Lipinski definition) is 0. The first-order valence-electron chi connectivity index (χ1n) is 16.6. The van der Waals surface area contributed by atoms with E-state index in [1.165, 1.54) is 43.6 Å². The molecule has 0 bridgehead atoms. The maximum Gasteiger partial charge on any atom is 0.0942 e. The van der Waals surface area contributed by atoms with E-state index in [1.807, 2.05) is 12.3 Å². The lowest BCUT2D eigenvalue weighted by atomic mass is 10.1. The molecule has 10 rings (SSSR count). The second-order valence-electron chi connectivity index (χ2n) is 12.5. The number of pyridine rings is 1. The van der Waals surface area contributed by atoms with Gasteiger partial charge in [-0.1, -0.05) is 91.0 Å². The van der Waals surface area contributed by atoms with Crippen molar-refractivity contribution in [2.24, 2.45) is 0 Å². The number of rotatable bonds is 5. The van der Waals surface area contributed by atoms with Crippen molar-refractivity contribution in [1.82, 2.24) is 14.1 Å². The Morgan fingerprint density at radius 1 is 0.367 bits per heavy atom. The summed E-state index contributed by atoms with van der Waals surface area (Å²) in [6, 6.07) is 62.9. The average molecular weight is 627 g/mol. The molecule has 10 aromatic rings. The molecular weight excluding hydrogens is 597 g/mol. The number of fused-ring (bicyclic) bond motifs is 7. The monoisotopic (exact) mass is 626 g/mol. The number of para-hydroxylation sites is 5. The summed E-state index contributed by atoms with van der Waals surface area (Å²) in [5.74, 6) is 0. The molecule has 0 fully saturated rings. The molecule has 0 atom stereocenters. The SMILES string of the molecule is c1cnc2c(N(c3ccc(-n4c5ccccc5c5ccccc54)cc3)c3ccc(-n4c5ccccc5c5ccccc54)cc3)cccc2c1. The molecular formula is C45H30N4. The Morgan fingerprint density at radius 3 is 1.22 bits per heavy atom. The third kappa shape index (κ3) is 4.28. The molecule has 0 aliphatic carbocycles. The van der Waals surface area contributed by atoms with Crippen LogP contribution in [0.2, 0.25) is 0 Å². The highest BCUT2D eigenvalue weighted by atomic mass is 15.2. The van der Waals surface area contributed by atoms with Gasteiger partial charge in [0.05, 0.1) is 33.3 Å². The number of benzene rings is 7. The summed E-state index contributed by atoms with van der Waals surface area (Å²) in [5.41, 5.74) is 11.2. The predicted octanol–water partition coefficient (Wildman–Crippen LogP) is 11.9. The predicted molar refractivity (Wildman–Crippen MR) is 205 cm³/mol. The zero-order chi connectivity index (χ0) is 32.3. The normalized spacial score (nSPS) is 11.7. The van der Waals surface area contributed by atoms with Crippen LogP contribution in [0.15, 0.2) is 182 Å². The molecule has 0 N–H and O–H groups in total. The summed E-state index contributed by atoms with van der Waals surface area (Å²) in [6.45, 7) is 0. The highest BCUT2D eigenvalue weighted by Gasteiger charge is 2.18. The molecule has 0 unspecified atom stereocenters. The Morgan fingerprint density at radius 2 is 0.776 bits per heavy atom. The minimum atomic E-state index is 0.961. The molecule has 3 aromatic heterocycles. The van der Waals surface area contributed by atoms with E-state index in [-0.39, 0.29) is 0 Å². The zero-order valence-electron chi connectivity index (χ0n) is 26.6. The first-order chi connectivity index (χ1) is 24.3. The lowest BCUT2D eigenvalue weighted by Crippen LogP contribution is -2.11. The first-order valence-corrected chi connectivity index (χ1v) is 16.6. The summed E-state index contributed by atoms with van der Waals surface area (Å²) >= 11 is 0. The summed E-state index contributed by atoms with van der Waals surface area (Å²) < 4.78 is 4.72. The van der Waals surface area contributed by atoms with Gasteiger partial charge in [0.1, 0.15) is 0 Å². The van der Waals surface area contributed by atoms with Crippen LogP contribution in [0, 0.1) is 0 Å². The summed E-state index contributed by atoms with van der Waals surface area (Å²) in [4.78, 5) is 7.18. The van der Waals surface area contributed by atoms with Crippen molar-refractivity contribution >= 4 is 71.6 Å². The van der Waals surface area contributed by atoms with Gasteiger partial charge in [0, 0.05) is 55.9 Å². The molecule has 4 nitrogen and oxygen atoms in total. The van der Waals surface area contributed by atoms with Crippen LogP contribution in [0.4, 0.5) is 17.1 Å². The van der Waals surface area contributed by atoms with Crippen molar-refractivity contribution in [2.45, 2.75) is 0 Å². The van der Waals surface area contributed by atoms with Crippen LogP contribution in [-0.4, -0.2) is 14.1 Å². The van der Waals surface area contributed by atoms with Crippen molar-refractivity contribution in [3.63, 3.8) is 0 Å². The van der Waals surface area contributed by atoms with Gasteiger partial charge in [-0.3, -0.25) is 4.98 Å². The van der Waals surface area contributed by atoms with Gasteiger partial charge in [-0.2, -0.15) is 0 Å². The minimum Gasteiger partial charge on any atom is -0.309 e. The highest BCUT2D eigenvalue weighted by Crippen LogP contribution is 2.40. The Labute approximate surface area is 283 Å². The third-order valence-electron chi connectivity index (χ3n) is 9.74. The van der Waals surface area contributed by atoms with Crippen molar-refractivity contribution < 1.29 is 0 Å². The van der Waals surface area contributed by atoms with E-state index in [4.69, 9.17) is 4.98 Å². The van der Waals surface area contributed by atoms with Gasteiger partial charge in [0.2, 0.25) is 0 Å². The largest absolute Gasteiger partial charge is 0.309 e. The standard InChI is InChI=1S/C45H30N4/c1-5-17-40-36(13-1)37-14-2-6-18-41(37)48(40)34-26-22-32(23-27-34)47(44-21-9-11-31-12-10-30-46-45(31)44)33-24-28-35(29-25-33)49-42-19-7-3-15-38(42)39-16-4-8-20-43(39)49/h1-30H. The van der Waals surface area contributed by atoms with Gasteiger partial charge in [0.25, 0.3) is 0 Å². The molecule has 4 heteroatoms. The third-order valence-corrected chi connectivity index (χ3v) is 9.74. The van der Waals surface area contributed by atoms with E-state index in [2.05, 4.69) is 184 Å². The maximum atomic E-state index is 4.86. The van der Waals surface area contributed by atoms with Crippen LogP contribution >= 0.6 is 0 Å². The maximum absolute atomic E-state index is 4.86. The lowest BCUT2D eigenvalue weighted by Gasteiger charge is -2.27. The summed E-state index contributed by atoms with van der Waals surface area (Å²) in [5, 5.41) is 6.14. The van der Waals surface area contributed by atoms with Crippen LogP contribution in [0.25, 0.3) is 65.9 Å². The van der Waals surface area contributed by atoms with Crippen LogP contribution < -0.4 is 4.90 Å². The smallest absolute Gasteiger partial charge is 0.0942 e. The van der Waals surface area contributed by atoms with E-state index in [9.17, 15) is 0 Å². The van der Waals surface area contributed by atoms with Crippen molar-refractivity contribution in [3.8, 4) is 11.4 Å². The van der Waals surface area contributed by atoms with Crippen molar-refractivity contribution in [2.75, 3.05) is 4.90 Å². The Bertz CT molecular complexity index is 2550. The molecule has 230 valence electrons. The minimum absolute atomic E-state index is 0.961. The second-order valence-corrected chi connectivity index (χ2v) is 12.5. The fourth-order valence-corrected chi connectivity index (χ4v) is 7.60. The summed E-state index contributed by atoms with van der Waals surface area (Å²) in [6.07, 6.45) is 1.88. The quantitative estimate of drug-likeness (QED) is 0.190. The number of nitrogens with zero attached hydrogens (tertiary/aromatic N) is 4. The number of aromatic nitrogens is 3. The van der Waals surface area contributed by atoms with E-state index in [0.29, 0.717) is 0 Å². The Hall–Kier alpha value is -6.65. The number of anilines is 3. The fraction of sp³-hybridized carbons (Fsp3) is 0. The van der Waals surface area contributed by atoms with Crippen LogP contribution in [-0.2, 0) is 0 Å². The van der Waals surface area contributed by atoms with Crippen LogP contribution in [0.5, 0.6) is 0 Å². The Balaban J connectivity index is 1.13. The number of hydrogen-bond acceptors (Lipinski definition) is 2. The second kappa shape index (κ2) is 11.0. The van der Waals surface area contributed by atoms with Crippen LogP contribution in [0.1, 0.15) is 0 Å². The van der Waals surface area contributed by atoms with Gasteiger partial charge in [0.15, 0.2) is 0 Å². The van der Waals surface area contributed by atoms with Crippen molar-refractivity contribution in [1.29, 1.82) is 0 Å². The molecule has 0 radical (unpaired) electrons. The fourth-order valence-electron chi connectivity index (χ4n) is 7.60. The van der Waals surface area contributed by atoms with Gasteiger partial charge in [-0.05, 0) is 84.9 Å². The lowest BCUT2D eigenvalue weighted by molar-refractivity contribution is 1.17. The Kier molecular flexibility index (Phi) is 6.15. The molecule has 0 aliphatic rings. The molecule has 49 heavy (non-hydrogen) atoms. The van der Waals surface area contributed by atoms with E-state index >= 15 is 0 Å². The molecule has 0 spiro atoms. The molecule has 0 amide bonds. The molecule has 0 saturated carbocycles. The zero-order valence-corrected chi connectivity index (χ0v) is 26.6. The molecule has 7 aromatic carbocycles. The topological polar surface area (TPSA) is 26.0 Å². The average Bonchev–Trinajstić information content (AvgIpc) is 3.69. The van der Waals surface area contributed by atoms with E-state index in [1.54, 1.807) is 0 Å². The first kappa shape index (κ1) is 27.5. The van der Waals surface area contributed by atoms with E-state index < -0.39 is 0 Å².